The number of nitrogen functional groups attached to an aromatic ring is 1. The average molecular weight is 209 g/mol. The molecule has 0 saturated carbocycles. The number of hydrogen-bond donors (Lipinski definition) is 4. The molecule has 0 aliphatic rings. The Morgan fingerprint density at radius 1 is 1.53 bits per heavy atom. The molecular weight excluding hydrogens is 194 g/mol. The van der Waals surface area contributed by atoms with Gasteiger partial charge in [0.1, 0.15) is 0 Å². The molecule has 5 nitrogen and oxygen atoms in total. The number of nitrogens with two attached hydrogens (primary N) is 1. The second-order valence-electron chi connectivity index (χ2n) is 3.03. The highest BCUT2D eigenvalue weighted by Gasteiger charge is 2.05. The number of amides is 1. The van der Waals surface area contributed by atoms with Crippen molar-refractivity contribution in [2.75, 3.05) is 31.2 Å². The van der Waals surface area contributed by atoms with Gasteiger partial charge in [-0.1, -0.05) is 0 Å². The molecule has 1 aromatic carbocycles. The monoisotopic (exact) mass is 209 g/mol. The molecule has 0 bridgehead atoms. The number of carbonyl (C=O) groups is 1. The summed E-state index contributed by atoms with van der Waals surface area (Å²) in [7, 11) is 1.57. The van der Waals surface area contributed by atoms with Crippen molar-refractivity contribution in [1.82, 2.24) is 5.32 Å². The maximum atomic E-state index is 11.3. The van der Waals surface area contributed by atoms with E-state index in [0.717, 1.165) is 0 Å². The van der Waals surface area contributed by atoms with E-state index in [0.29, 0.717) is 23.5 Å². The van der Waals surface area contributed by atoms with Crippen LogP contribution in [0.15, 0.2) is 18.2 Å². The van der Waals surface area contributed by atoms with Gasteiger partial charge in [0.25, 0.3) is 5.91 Å². The summed E-state index contributed by atoms with van der Waals surface area (Å²) in [5, 5.41) is 14.1. The molecule has 1 rings (SSSR count). The largest absolute Gasteiger partial charge is 0.397 e. The lowest BCUT2D eigenvalue weighted by Crippen LogP contribution is -2.18. The Bertz CT molecular complexity index is 353. The minimum absolute atomic E-state index is 0.0175. The van der Waals surface area contributed by atoms with E-state index in [1.165, 1.54) is 0 Å². The number of hydrogen-bond acceptors (Lipinski definition) is 4. The van der Waals surface area contributed by atoms with Crippen molar-refractivity contribution < 1.29 is 9.90 Å². The van der Waals surface area contributed by atoms with Crippen molar-refractivity contribution in [2.45, 2.75) is 0 Å². The van der Waals surface area contributed by atoms with Gasteiger partial charge in [0.05, 0.1) is 18.0 Å². The summed E-state index contributed by atoms with van der Waals surface area (Å²) < 4.78 is 0. The number of aliphatic hydroxyl groups excluding tert-OH is 1. The van der Waals surface area contributed by atoms with E-state index >= 15 is 0 Å². The van der Waals surface area contributed by atoms with Crippen molar-refractivity contribution in [3.8, 4) is 0 Å². The average Bonchev–Trinajstić information content (AvgIpc) is 2.27. The maximum absolute atomic E-state index is 11.3. The van der Waals surface area contributed by atoms with Gasteiger partial charge in [-0.3, -0.25) is 4.79 Å². The molecule has 0 aromatic heterocycles. The van der Waals surface area contributed by atoms with Gasteiger partial charge in [-0.05, 0) is 18.2 Å². The predicted octanol–water partition coefficient (Wildman–Crippen LogP) is 0.0326. The minimum Gasteiger partial charge on any atom is -0.397 e. The Kier molecular flexibility index (Phi) is 3.93. The van der Waals surface area contributed by atoms with E-state index in [1.807, 2.05) is 0 Å². The van der Waals surface area contributed by atoms with Gasteiger partial charge in [0, 0.05) is 19.2 Å². The van der Waals surface area contributed by atoms with E-state index < -0.39 is 0 Å². The van der Waals surface area contributed by atoms with E-state index in [2.05, 4.69) is 10.6 Å². The van der Waals surface area contributed by atoms with E-state index in [4.69, 9.17) is 10.8 Å². The van der Waals surface area contributed by atoms with Gasteiger partial charge in [0.15, 0.2) is 0 Å². The van der Waals surface area contributed by atoms with Gasteiger partial charge in [-0.15, -0.1) is 0 Å². The normalized spacial score (nSPS) is 9.73. The summed E-state index contributed by atoms with van der Waals surface area (Å²) in [5.41, 5.74) is 7.44. The van der Waals surface area contributed by atoms with Crippen molar-refractivity contribution in [3.05, 3.63) is 23.8 Å². The summed E-state index contributed by atoms with van der Waals surface area (Å²) in [6.07, 6.45) is 0. The van der Waals surface area contributed by atoms with Crippen LogP contribution in [0.4, 0.5) is 11.4 Å². The molecule has 5 heteroatoms. The zero-order chi connectivity index (χ0) is 11.3. The molecule has 0 aliphatic heterocycles. The van der Waals surface area contributed by atoms with E-state index in [-0.39, 0.29) is 12.5 Å². The molecule has 82 valence electrons. The second kappa shape index (κ2) is 5.21. The van der Waals surface area contributed by atoms with Gasteiger partial charge >= 0.3 is 0 Å². The quantitative estimate of drug-likeness (QED) is 0.527. The number of aliphatic hydroxyl groups is 1. The Hall–Kier alpha value is -1.75. The van der Waals surface area contributed by atoms with Crippen LogP contribution in [-0.2, 0) is 0 Å². The third kappa shape index (κ3) is 2.85. The molecule has 0 saturated heterocycles. The van der Waals surface area contributed by atoms with E-state index in [9.17, 15) is 4.79 Å². The highest BCUT2D eigenvalue weighted by molar-refractivity contribution is 5.96. The zero-order valence-electron chi connectivity index (χ0n) is 8.58. The SMILES string of the molecule is CNC(=O)c1ccc(N)c(NCCO)c1. The lowest BCUT2D eigenvalue weighted by Gasteiger charge is -2.09. The number of benzene rings is 1. The van der Waals surface area contributed by atoms with E-state index in [1.54, 1.807) is 25.2 Å². The second-order valence-corrected chi connectivity index (χ2v) is 3.03. The lowest BCUT2D eigenvalue weighted by molar-refractivity contribution is 0.0963. The number of rotatable bonds is 4. The fraction of sp³-hybridized carbons (Fsp3) is 0.300. The molecule has 0 spiro atoms. The van der Waals surface area contributed by atoms with Gasteiger partial charge in [0.2, 0.25) is 0 Å². The van der Waals surface area contributed by atoms with Crippen LogP contribution >= 0.6 is 0 Å². The van der Waals surface area contributed by atoms with Crippen molar-refractivity contribution >= 4 is 17.3 Å². The first kappa shape index (κ1) is 11.3. The topological polar surface area (TPSA) is 87.4 Å². The van der Waals surface area contributed by atoms with Gasteiger partial charge in [-0.2, -0.15) is 0 Å². The first-order valence-electron chi connectivity index (χ1n) is 4.65. The van der Waals surface area contributed by atoms with Crippen LogP contribution in [0.2, 0.25) is 0 Å². The van der Waals surface area contributed by atoms with Crippen LogP contribution < -0.4 is 16.4 Å². The lowest BCUT2D eigenvalue weighted by atomic mass is 10.1. The smallest absolute Gasteiger partial charge is 0.251 e. The maximum Gasteiger partial charge on any atom is 0.251 e. The summed E-state index contributed by atoms with van der Waals surface area (Å²) in [6, 6.07) is 4.96. The summed E-state index contributed by atoms with van der Waals surface area (Å²) in [6.45, 7) is 0.422. The molecule has 1 aromatic rings. The Balaban J connectivity index is 2.89. The molecule has 15 heavy (non-hydrogen) atoms. The highest BCUT2D eigenvalue weighted by Crippen LogP contribution is 2.19. The number of carbonyl (C=O) groups excluding carboxylic acids is 1. The van der Waals surface area contributed by atoms with Crippen LogP contribution in [0.25, 0.3) is 0 Å². The Morgan fingerprint density at radius 2 is 2.27 bits per heavy atom. The van der Waals surface area contributed by atoms with Gasteiger partial charge < -0.3 is 21.5 Å². The van der Waals surface area contributed by atoms with Crippen LogP contribution in [0.3, 0.4) is 0 Å². The van der Waals surface area contributed by atoms with Crippen LogP contribution in [0.1, 0.15) is 10.4 Å². The van der Waals surface area contributed by atoms with Crippen LogP contribution in [-0.4, -0.2) is 31.2 Å². The Morgan fingerprint density at radius 3 is 2.87 bits per heavy atom. The molecule has 0 aliphatic carbocycles. The van der Waals surface area contributed by atoms with Crippen LogP contribution in [0.5, 0.6) is 0 Å². The third-order valence-electron chi connectivity index (χ3n) is 1.97. The minimum atomic E-state index is -0.165. The van der Waals surface area contributed by atoms with Gasteiger partial charge in [-0.25, -0.2) is 0 Å². The molecular formula is C10H15N3O2. The van der Waals surface area contributed by atoms with Crippen LogP contribution in [0, 0.1) is 0 Å². The molecule has 1 amide bonds. The van der Waals surface area contributed by atoms with Crippen molar-refractivity contribution in [2.24, 2.45) is 0 Å². The number of nitrogens with one attached hydrogen (secondary N) is 2. The summed E-state index contributed by atoms with van der Waals surface area (Å²) in [5.74, 6) is -0.165. The fourth-order valence-electron chi connectivity index (χ4n) is 1.19. The molecule has 0 heterocycles. The molecule has 0 atom stereocenters. The summed E-state index contributed by atoms with van der Waals surface area (Å²) >= 11 is 0. The first-order valence-corrected chi connectivity index (χ1v) is 4.65. The predicted molar refractivity (Wildman–Crippen MR) is 59.8 cm³/mol. The zero-order valence-corrected chi connectivity index (χ0v) is 8.58. The molecule has 0 radical (unpaired) electrons. The standard InChI is InChI=1S/C10H15N3O2/c1-12-10(15)7-2-3-8(11)9(6-7)13-4-5-14/h2-3,6,13-14H,4-5,11H2,1H3,(H,12,15). The summed E-state index contributed by atoms with van der Waals surface area (Å²) in [4.78, 5) is 11.3. The third-order valence-corrected chi connectivity index (χ3v) is 1.97. The van der Waals surface area contributed by atoms with Crippen molar-refractivity contribution in [3.63, 3.8) is 0 Å². The fourth-order valence-corrected chi connectivity index (χ4v) is 1.19. The molecule has 5 N–H and O–H groups in total. The molecule has 0 unspecified atom stereocenters. The first-order chi connectivity index (χ1) is 7.19. The number of anilines is 2. The highest BCUT2D eigenvalue weighted by atomic mass is 16.3. The molecule has 0 fully saturated rings. The van der Waals surface area contributed by atoms with Crippen molar-refractivity contribution in [1.29, 1.82) is 0 Å². The Labute approximate surface area is 88.3 Å².